The second kappa shape index (κ2) is 5.71. The van der Waals surface area contributed by atoms with Crippen LogP contribution < -0.4 is 0 Å². The summed E-state index contributed by atoms with van der Waals surface area (Å²) in [6.07, 6.45) is 0.197. The fourth-order valence-electron chi connectivity index (χ4n) is 1.49. The van der Waals surface area contributed by atoms with Gasteiger partial charge in [0.25, 0.3) is 0 Å². The van der Waals surface area contributed by atoms with Crippen molar-refractivity contribution in [3.8, 4) is 0 Å². The molecule has 5 heteroatoms. The number of carbonyl (C=O) groups is 1. The molecule has 2 rings (SSSR count). The van der Waals surface area contributed by atoms with E-state index in [-0.39, 0.29) is 18.0 Å². The fraction of sp³-hybridized carbons (Fsp3) is 0.0769. The van der Waals surface area contributed by atoms with E-state index in [1.165, 1.54) is 6.07 Å². The minimum atomic E-state index is -0.341. The van der Waals surface area contributed by atoms with E-state index in [9.17, 15) is 9.18 Å². The van der Waals surface area contributed by atoms with Gasteiger partial charge in [0.1, 0.15) is 16.1 Å². The van der Waals surface area contributed by atoms with Gasteiger partial charge in [-0.25, -0.2) is 9.37 Å². The summed E-state index contributed by atoms with van der Waals surface area (Å²) < 4.78 is 14.0. The van der Waals surface area contributed by atoms with Crippen LogP contribution in [0.3, 0.4) is 0 Å². The number of aromatic nitrogens is 1. The lowest BCUT2D eigenvalue weighted by Crippen LogP contribution is -2.06. The monoisotopic (exact) mass is 371 g/mol. The van der Waals surface area contributed by atoms with Crippen LogP contribution in [-0.4, -0.2) is 10.8 Å². The molecular formula is C13H8Br2FNO. The molecule has 0 radical (unpaired) electrons. The average molecular weight is 373 g/mol. The van der Waals surface area contributed by atoms with E-state index in [0.717, 1.165) is 5.56 Å². The van der Waals surface area contributed by atoms with Gasteiger partial charge in [0.15, 0.2) is 5.78 Å². The summed E-state index contributed by atoms with van der Waals surface area (Å²) >= 11 is 6.31. The van der Waals surface area contributed by atoms with Crippen molar-refractivity contribution >= 4 is 37.6 Å². The summed E-state index contributed by atoms with van der Waals surface area (Å²) in [5, 5.41) is 0. The molecule has 0 saturated carbocycles. The van der Waals surface area contributed by atoms with Crippen LogP contribution in [0.5, 0.6) is 0 Å². The minimum absolute atomic E-state index is 0.102. The lowest BCUT2D eigenvalue weighted by atomic mass is 10.1. The maximum absolute atomic E-state index is 13.1. The number of nitrogens with zero attached hydrogens (tertiary/aromatic N) is 1. The first-order valence-electron chi connectivity index (χ1n) is 5.16. The highest BCUT2D eigenvalue weighted by molar-refractivity contribution is 9.10. The first-order chi connectivity index (χ1) is 8.56. The summed E-state index contributed by atoms with van der Waals surface area (Å²) in [5.74, 6) is -0.443. The maximum Gasteiger partial charge on any atom is 0.185 e. The molecular weight excluding hydrogens is 365 g/mol. The minimum Gasteiger partial charge on any atom is -0.292 e. The van der Waals surface area contributed by atoms with E-state index in [4.69, 9.17) is 0 Å². The molecule has 0 atom stereocenters. The average Bonchev–Trinajstić information content (AvgIpc) is 2.34. The summed E-state index contributed by atoms with van der Waals surface area (Å²) in [5.41, 5.74) is 1.14. The highest BCUT2D eigenvalue weighted by Crippen LogP contribution is 2.18. The van der Waals surface area contributed by atoms with Crippen LogP contribution in [0.25, 0.3) is 0 Å². The molecule has 0 aliphatic carbocycles. The van der Waals surface area contributed by atoms with Gasteiger partial charge in [-0.05, 0) is 61.7 Å². The molecule has 92 valence electrons. The summed E-state index contributed by atoms with van der Waals surface area (Å²) in [6, 6.07) is 9.70. The van der Waals surface area contributed by atoms with Crippen molar-refractivity contribution in [2.24, 2.45) is 0 Å². The van der Waals surface area contributed by atoms with Gasteiger partial charge in [-0.3, -0.25) is 4.79 Å². The van der Waals surface area contributed by atoms with Crippen LogP contribution in [0.4, 0.5) is 4.39 Å². The third kappa shape index (κ3) is 3.23. The van der Waals surface area contributed by atoms with E-state index in [1.54, 1.807) is 30.3 Å². The van der Waals surface area contributed by atoms with Crippen LogP contribution in [0, 0.1) is 5.82 Å². The molecule has 18 heavy (non-hydrogen) atoms. The third-order valence-corrected chi connectivity index (χ3v) is 3.40. The highest BCUT2D eigenvalue weighted by atomic mass is 79.9. The zero-order chi connectivity index (χ0) is 13.1. The Kier molecular flexibility index (Phi) is 4.24. The van der Waals surface area contributed by atoms with Gasteiger partial charge in [0.2, 0.25) is 0 Å². The first kappa shape index (κ1) is 13.4. The molecule has 2 aromatic rings. The zero-order valence-corrected chi connectivity index (χ0v) is 12.3. The topological polar surface area (TPSA) is 30.0 Å². The highest BCUT2D eigenvalue weighted by Gasteiger charge is 2.10. The van der Waals surface area contributed by atoms with Gasteiger partial charge in [-0.1, -0.05) is 12.1 Å². The smallest absolute Gasteiger partial charge is 0.185 e. The van der Waals surface area contributed by atoms with Crippen molar-refractivity contribution in [1.82, 2.24) is 4.98 Å². The van der Waals surface area contributed by atoms with Gasteiger partial charge in [0.05, 0.1) is 4.47 Å². The number of hydrogen-bond acceptors (Lipinski definition) is 2. The van der Waals surface area contributed by atoms with Crippen LogP contribution in [0.15, 0.2) is 45.5 Å². The second-order valence-electron chi connectivity index (χ2n) is 3.69. The number of pyridine rings is 1. The van der Waals surface area contributed by atoms with E-state index < -0.39 is 0 Å². The third-order valence-electron chi connectivity index (χ3n) is 2.35. The largest absolute Gasteiger partial charge is 0.292 e. The molecule has 0 bridgehead atoms. The second-order valence-corrected chi connectivity index (χ2v) is 5.36. The van der Waals surface area contributed by atoms with Crippen LogP contribution in [0.2, 0.25) is 0 Å². The Morgan fingerprint density at radius 3 is 2.67 bits per heavy atom. The van der Waals surface area contributed by atoms with E-state index in [1.807, 2.05) is 0 Å². The quantitative estimate of drug-likeness (QED) is 0.597. The zero-order valence-electron chi connectivity index (χ0n) is 9.16. The molecule has 2 nitrogen and oxygen atoms in total. The van der Waals surface area contributed by atoms with E-state index in [2.05, 4.69) is 36.8 Å². The van der Waals surface area contributed by atoms with E-state index in [0.29, 0.717) is 14.8 Å². The summed E-state index contributed by atoms with van der Waals surface area (Å²) in [4.78, 5) is 16.1. The van der Waals surface area contributed by atoms with Crippen LogP contribution in [-0.2, 0) is 6.42 Å². The van der Waals surface area contributed by atoms with Gasteiger partial charge < -0.3 is 0 Å². The van der Waals surface area contributed by atoms with Gasteiger partial charge >= 0.3 is 0 Å². The first-order valence-corrected chi connectivity index (χ1v) is 6.74. The molecule has 1 heterocycles. The Balaban J connectivity index is 2.18. The van der Waals surface area contributed by atoms with Crippen molar-refractivity contribution < 1.29 is 9.18 Å². The van der Waals surface area contributed by atoms with Gasteiger partial charge in [-0.2, -0.15) is 0 Å². The molecule has 0 saturated heterocycles. The van der Waals surface area contributed by atoms with Crippen molar-refractivity contribution in [2.75, 3.05) is 0 Å². The fourth-order valence-corrected chi connectivity index (χ4v) is 2.26. The lowest BCUT2D eigenvalue weighted by molar-refractivity contribution is 0.0988. The number of hydrogen-bond donors (Lipinski definition) is 0. The van der Waals surface area contributed by atoms with Crippen molar-refractivity contribution in [3.05, 3.63) is 62.5 Å². The molecule has 0 unspecified atom stereocenters. The van der Waals surface area contributed by atoms with Crippen molar-refractivity contribution in [1.29, 1.82) is 0 Å². The Hall–Kier alpha value is -1.07. The molecule has 0 fully saturated rings. The summed E-state index contributed by atoms with van der Waals surface area (Å²) in [7, 11) is 0. The molecule has 0 spiro atoms. The SMILES string of the molecule is O=C(Cc1ccc(F)c(Br)c1)c1cccc(Br)n1. The van der Waals surface area contributed by atoms with Crippen LogP contribution in [0.1, 0.15) is 16.1 Å². The molecule has 0 aliphatic heterocycles. The number of halogens is 3. The standard InChI is InChI=1S/C13H8Br2FNO/c14-9-6-8(4-5-10(9)16)7-12(18)11-2-1-3-13(15)17-11/h1-6H,7H2. The van der Waals surface area contributed by atoms with Gasteiger partial charge in [-0.15, -0.1) is 0 Å². The van der Waals surface area contributed by atoms with Crippen molar-refractivity contribution in [3.63, 3.8) is 0 Å². The maximum atomic E-state index is 13.1. The molecule has 0 aliphatic rings. The molecule has 1 aromatic carbocycles. The van der Waals surface area contributed by atoms with Crippen LogP contribution >= 0.6 is 31.9 Å². The number of Topliss-reactive ketones (excluding diaryl/α,β-unsaturated/α-hetero) is 1. The molecule has 1 aromatic heterocycles. The number of carbonyl (C=O) groups excluding carboxylic acids is 1. The lowest BCUT2D eigenvalue weighted by Gasteiger charge is -2.03. The Morgan fingerprint density at radius 2 is 2.00 bits per heavy atom. The number of ketones is 1. The molecule has 0 amide bonds. The number of rotatable bonds is 3. The Morgan fingerprint density at radius 1 is 1.22 bits per heavy atom. The van der Waals surface area contributed by atoms with E-state index >= 15 is 0 Å². The van der Waals surface area contributed by atoms with Crippen molar-refractivity contribution in [2.45, 2.75) is 6.42 Å². The Labute approximate surface area is 121 Å². The molecule has 0 N–H and O–H groups in total. The normalized spacial score (nSPS) is 10.4. The summed E-state index contributed by atoms with van der Waals surface area (Å²) in [6.45, 7) is 0. The van der Waals surface area contributed by atoms with Gasteiger partial charge in [0, 0.05) is 6.42 Å². The predicted octanol–water partition coefficient (Wildman–Crippen LogP) is 4.17. The Bertz CT molecular complexity index is 601. The predicted molar refractivity (Wildman–Crippen MR) is 74.1 cm³/mol. The number of benzene rings is 1.